The summed E-state index contributed by atoms with van der Waals surface area (Å²) in [5.74, 6) is 0.451. The monoisotopic (exact) mass is 402 g/mol. The highest BCUT2D eigenvalue weighted by atomic mass is 32.2. The maximum absolute atomic E-state index is 12.7. The Balaban J connectivity index is 1.35. The largest absolute Gasteiger partial charge is 0.376 e. The fourth-order valence-corrected chi connectivity index (χ4v) is 4.94. The van der Waals surface area contributed by atoms with Crippen molar-refractivity contribution in [2.24, 2.45) is 0 Å². The molecule has 3 aromatic rings. The minimum atomic E-state index is 0.101. The molecule has 0 spiro atoms. The molecule has 2 aromatic heterocycles. The quantitative estimate of drug-likeness (QED) is 0.435. The standard InChI is InChI=1S/C19H22N4O2S2/c1-2-12-5-3-7-14-15(10-20-17(12)14)16(24)11-26-19-23-22-18(27-19)21-9-13-6-4-8-25-13/h3,5,7,10,13,20H,2,4,6,8-9,11H2,1H3,(H,21,22)/t13-/m1/s1. The maximum atomic E-state index is 12.7. The number of nitrogens with zero attached hydrogens (tertiary/aromatic N) is 2. The van der Waals surface area contributed by atoms with Crippen molar-refractivity contribution >= 4 is 44.9 Å². The van der Waals surface area contributed by atoms with Gasteiger partial charge in [-0.2, -0.15) is 0 Å². The number of fused-ring (bicyclic) bond motifs is 1. The molecule has 1 aliphatic heterocycles. The van der Waals surface area contributed by atoms with Gasteiger partial charge in [-0.15, -0.1) is 10.2 Å². The first-order chi connectivity index (χ1) is 13.2. The molecule has 1 aliphatic rings. The maximum Gasteiger partial charge on any atom is 0.206 e. The molecule has 0 aliphatic carbocycles. The third kappa shape index (κ3) is 4.17. The van der Waals surface area contributed by atoms with E-state index in [1.165, 1.54) is 28.7 Å². The van der Waals surface area contributed by atoms with Crippen LogP contribution in [0.3, 0.4) is 0 Å². The van der Waals surface area contributed by atoms with E-state index in [-0.39, 0.29) is 11.9 Å². The van der Waals surface area contributed by atoms with Crippen LogP contribution in [0.2, 0.25) is 0 Å². The zero-order valence-electron chi connectivity index (χ0n) is 15.2. The number of anilines is 1. The zero-order chi connectivity index (χ0) is 18.6. The molecule has 0 saturated carbocycles. The minimum Gasteiger partial charge on any atom is -0.376 e. The summed E-state index contributed by atoms with van der Waals surface area (Å²) < 4.78 is 6.39. The fourth-order valence-electron chi connectivity index (χ4n) is 3.29. The lowest BCUT2D eigenvalue weighted by atomic mass is 10.1. The summed E-state index contributed by atoms with van der Waals surface area (Å²) in [5.41, 5.74) is 3.03. The summed E-state index contributed by atoms with van der Waals surface area (Å²) in [5, 5.41) is 13.4. The lowest BCUT2D eigenvalue weighted by Crippen LogP contribution is -2.18. The number of Topliss-reactive ketones (excluding diaryl/α,β-unsaturated/α-hetero) is 1. The Morgan fingerprint density at radius 3 is 3.19 bits per heavy atom. The number of thioether (sulfide) groups is 1. The van der Waals surface area contributed by atoms with Gasteiger partial charge in [0.1, 0.15) is 0 Å². The predicted octanol–water partition coefficient (Wildman–Crippen LogP) is 4.15. The summed E-state index contributed by atoms with van der Waals surface area (Å²) in [6.07, 6.45) is 5.24. The van der Waals surface area contributed by atoms with Crippen molar-refractivity contribution in [3.8, 4) is 0 Å². The molecule has 0 unspecified atom stereocenters. The molecule has 0 bridgehead atoms. The summed E-state index contributed by atoms with van der Waals surface area (Å²) in [4.78, 5) is 15.9. The Morgan fingerprint density at radius 1 is 1.44 bits per heavy atom. The van der Waals surface area contributed by atoms with E-state index < -0.39 is 0 Å². The molecule has 2 N–H and O–H groups in total. The van der Waals surface area contributed by atoms with E-state index in [0.29, 0.717) is 5.75 Å². The third-order valence-corrected chi connectivity index (χ3v) is 6.74. The van der Waals surface area contributed by atoms with Crippen LogP contribution in [0.15, 0.2) is 28.7 Å². The van der Waals surface area contributed by atoms with Crippen LogP contribution in [0.5, 0.6) is 0 Å². The van der Waals surface area contributed by atoms with Crippen molar-refractivity contribution in [2.75, 3.05) is 24.2 Å². The number of hydrogen-bond donors (Lipinski definition) is 2. The van der Waals surface area contributed by atoms with Crippen molar-refractivity contribution in [3.05, 3.63) is 35.5 Å². The molecule has 1 atom stereocenters. The fraction of sp³-hybridized carbons (Fsp3) is 0.421. The number of H-pyrrole nitrogens is 1. The van der Waals surface area contributed by atoms with E-state index in [1.807, 2.05) is 18.3 Å². The highest BCUT2D eigenvalue weighted by Gasteiger charge is 2.17. The molecule has 8 heteroatoms. The number of carbonyl (C=O) groups is 1. The van der Waals surface area contributed by atoms with Gasteiger partial charge in [-0.1, -0.05) is 48.2 Å². The highest BCUT2D eigenvalue weighted by molar-refractivity contribution is 8.01. The lowest BCUT2D eigenvalue weighted by Gasteiger charge is -2.08. The number of nitrogens with one attached hydrogen (secondary N) is 2. The van der Waals surface area contributed by atoms with Crippen LogP contribution < -0.4 is 5.32 Å². The van der Waals surface area contributed by atoms with E-state index in [0.717, 1.165) is 58.4 Å². The SMILES string of the molecule is CCc1cccc2c(C(=O)CSc3nnc(NC[C@H]4CCCO4)s3)c[nH]c12. The van der Waals surface area contributed by atoms with Gasteiger partial charge in [0.05, 0.1) is 11.9 Å². The first-order valence-electron chi connectivity index (χ1n) is 9.18. The van der Waals surface area contributed by atoms with Crippen LogP contribution in [-0.4, -0.2) is 46.0 Å². The van der Waals surface area contributed by atoms with Crippen LogP contribution in [-0.2, 0) is 11.2 Å². The van der Waals surface area contributed by atoms with Crippen molar-refractivity contribution in [1.82, 2.24) is 15.2 Å². The third-order valence-electron chi connectivity index (χ3n) is 4.72. The normalized spacial score (nSPS) is 16.9. The highest BCUT2D eigenvalue weighted by Crippen LogP contribution is 2.28. The lowest BCUT2D eigenvalue weighted by molar-refractivity contribution is 0.102. The average Bonchev–Trinajstić information content (AvgIpc) is 3.44. The second-order valence-corrected chi connectivity index (χ2v) is 8.70. The Morgan fingerprint density at radius 2 is 2.37 bits per heavy atom. The summed E-state index contributed by atoms with van der Waals surface area (Å²) >= 11 is 2.91. The van der Waals surface area contributed by atoms with Crippen LogP contribution in [0, 0.1) is 0 Å². The number of rotatable bonds is 8. The van der Waals surface area contributed by atoms with Crippen molar-refractivity contribution < 1.29 is 9.53 Å². The van der Waals surface area contributed by atoms with Gasteiger partial charge in [-0.05, 0) is 24.8 Å². The minimum absolute atomic E-state index is 0.101. The van der Waals surface area contributed by atoms with Gasteiger partial charge >= 0.3 is 0 Å². The number of ether oxygens (including phenoxy) is 1. The van der Waals surface area contributed by atoms with Crippen LogP contribution >= 0.6 is 23.1 Å². The van der Waals surface area contributed by atoms with Crippen LogP contribution in [0.1, 0.15) is 35.7 Å². The molecule has 6 nitrogen and oxygen atoms in total. The van der Waals surface area contributed by atoms with E-state index in [1.54, 1.807) is 0 Å². The first-order valence-corrected chi connectivity index (χ1v) is 11.0. The van der Waals surface area contributed by atoms with Gasteiger partial charge in [0.2, 0.25) is 5.13 Å². The molecule has 0 radical (unpaired) electrons. The van der Waals surface area contributed by atoms with Crippen LogP contribution in [0.25, 0.3) is 10.9 Å². The van der Waals surface area contributed by atoms with E-state index >= 15 is 0 Å². The Bertz CT molecular complexity index is 931. The number of carbonyl (C=O) groups excluding carboxylic acids is 1. The number of aromatic amines is 1. The molecule has 1 saturated heterocycles. The van der Waals surface area contributed by atoms with Gasteiger partial charge < -0.3 is 15.0 Å². The molecule has 1 aromatic carbocycles. The molecule has 4 rings (SSSR count). The van der Waals surface area contributed by atoms with Gasteiger partial charge in [0.25, 0.3) is 0 Å². The van der Waals surface area contributed by atoms with Gasteiger partial charge in [0.15, 0.2) is 10.1 Å². The van der Waals surface area contributed by atoms with E-state index in [4.69, 9.17) is 4.74 Å². The molecule has 142 valence electrons. The molecule has 27 heavy (non-hydrogen) atoms. The van der Waals surface area contributed by atoms with Crippen molar-refractivity contribution in [2.45, 2.75) is 36.6 Å². The predicted molar refractivity (Wildman–Crippen MR) is 110 cm³/mol. The topological polar surface area (TPSA) is 79.9 Å². The Labute approximate surface area is 166 Å². The van der Waals surface area contributed by atoms with Crippen LogP contribution in [0.4, 0.5) is 5.13 Å². The molecular weight excluding hydrogens is 380 g/mol. The number of benzene rings is 1. The van der Waals surface area contributed by atoms with Crippen molar-refractivity contribution in [3.63, 3.8) is 0 Å². The number of ketones is 1. The van der Waals surface area contributed by atoms with Gasteiger partial charge in [-0.25, -0.2) is 0 Å². The second kappa shape index (κ2) is 8.41. The van der Waals surface area contributed by atoms with E-state index in [2.05, 4.69) is 33.5 Å². The first kappa shape index (κ1) is 18.5. The smallest absolute Gasteiger partial charge is 0.206 e. The molecular formula is C19H22N4O2S2. The second-order valence-electron chi connectivity index (χ2n) is 6.50. The van der Waals surface area contributed by atoms with E-state index in [9.17, 15) is 4.79 Å². The Kier molecular flexibility index (Phi) is 5.75. The number of para-hydroxylation sites is 1. The molecule has 0 amide bonds. The number of aromatic nitrogens is 3. The summed E-state index contributed by atoms with van der Waals surface area (Å²) in [6, 6.07) is 6.10. The van der Waals surface area contributed by atoms with Crippen molar-refractivity contribution in [1.29, 1.82) is 0 Å². The number of aryl methyl sites for hydroxylation is 1. The Hall–Kier alpha value is -1.90. The summed E-state index contributed by atoms with van der Waals surface area (Å²) in [6.45, 7) is 3.72. The van der Waals surface area contributed by atoms with Gasteiger partial charge in [-0.3, -0.25) is 4.79 Å². The number of hydrogen-bond acceptors (Lipinski definition) is 7. The van der Waals surface area contributed by atoms with Gasteiger partial charge in [0, 0.05) is 35.8 Å². The molecule has 1 fully saturated rings. The molecule has 3 heterocycles. The average molecular weight is 403 g/mol. The zero-order valence-corrected chi connectivity index (χ0v) is 16.8. The summed E-state index contributed by atoms with van der Waals surface area (Å²) in [7, 11) is 0.